The van der Waals surface area contributed by atoms with Crippen molar-refractivity contribution in [3.63, 3.8) is 0 Å². The fraction of sp³-hybridized carbons (Fsp3) is 0.588. The number of anilines is 1. The molecule has 3 unspecified atom stereocenters. The van der Waals surface area contributed by atoms with Gasteiger partial charge in [-0.1, -0.05) is 27.2 Å². The maximum Gasteiger partial charge on any atom is 0.335 e. The van der Waals surface area contributed by atoms with Crippen LogP contribution in [0, 0.1) is 17.8 Å². The quantitative estimate of drug-likeness (QED) is 0.827. The summed E-state index contributed by atoms with van der Waals surface area (Å²) in [4.78, 5) is 11.1. The minimum absolute atomic E-state index is 0.111. The molecule has 3 N–H and O–H groups in total. The Bertz CT molecular complexity index is 513. The SMILES string of the molecule is CC1CCC(C(C)C)C(Oc2cc(C(=O)O)ccc2N)C1. The largest absolute Gasteiger partial charge is 0.488 e. The predicted molar refractivity (Wildman–Crippen MR) is 83.6 cm³/mol. The fourth-order valence-corrected chi connectivity index (χ4v) is 3.18. The smallest absolute Gasteiger partial charge is 0.335 e. The van der Waals surface area contributed by atoms with E-state index in [-0.39, 0.29) is 11.7 Å². The summed E-state index contributed by atoms with van der Waals surface area (Å²) in [6.07, 6.45) is 3.50. The van der Waals surface area contributed by atoms with Gasteiger partial charge in [-0.15, -0.1) is 0 Å². The average molecular weight is 291 g/mol. The van der Waals surface area contributed by atoms with Crippen LogP contribution in [0.4, 0.5) is 5.69 Å². The van der Waals surface area contributed by atoms with Crippen LogP contribution in [0.5, 0.6) is 5.75 Å². The highest BCUT2D eigenvalue weighted by Crippen LogP contribution is 2.37. The summed E-state index contributed by atoms with van der Waals surface area (Å²) in [5.74, 6) is 1.21. The van der Waals surface area contributed by atoms with E-state index in [0.29, 0.717) is 29.2 Å². The zero-order valence-electron chi connectivity index (χ0n) is 13.0. The molecule has 3 atom stereocenters. The summed E-state index contributed by atoms with van der Waals surface area (Å²) in [6.45, 7) is 6.67. The molecule has 1 aromatic rings. The van der Waals surface area contributed by atoms with Crippen molar-refractivity contribution in [1.29, 1.82) is 0 Å². The molecule has 0 radical (unpaired) electrons. The van der Waals surface area contributed by atoms with Crippen LogP contribution in [0.3, 0.4) is 0 Å². The molecule has 0 saturated heterocycles. The topological polar surface area (TPSA) is 72.5 Å². The van der Waals surface area contributed by atoms with Crippen LogP contribution in [0.25, 0.3) is 0 Å². The van der Waals surface area contributed by atoms with E-state index in [1.807, 2.05) is 0 Å². The van der Waals surface area contributed by atoms with E-state index in [1.165, 1.54) is 18.6 Å². The number of rotatable bonds is 4. The van der Waals surface area contributed by atoms with E-state index < -0.39 is 5.97 Å². The lowest BCUT2D eigenvalue weighted by Gasteiger charge is -2.37. The highest BCUT2D eigenvalue weighted by molar-refractivity contribution is 5.89. The Morgan fingerprint density at radius 2 is 2.10 bits per heavy atom. The van der Waals surface area contributed by atoms with Crippen molar-refractivity contribution in [2.45, 2.75) is 46.1 Å². The van der Waals surface area contributed by atoms with Crippen molar-refractivity contribution in [3.8, 4) is 5.75 Å². The van der Waals surface area contributed by atoms with Gasteiger partial charge in [0.15, 0.2) is 0 Å². The molecular formula is C17H25NO3. The van der Waals surface area contributed by atoms with Gasteiger partial charge < -0.3 is 15.6 Å². The molecular weight excluding hydrogens is 266 g/mol. The Morgan fingerprint density at radius 3 is 2.71 bits per heavy atom. The zero-order valence-corrected chi connectivity index (χ0v) is 13.0. The van der Waals surface area contributed by atoms with Gasteiger partial charge in [0.2, 0.25) is 0 Å². The van der Waals surface area contributed by atoms with Gasteiger partial charge in [-0.25, -0.2) is 4.79 Å². The van der Waals surface area contributed by atoms with Crippen LogP contribution in [0.2, 0.25) is 0 Å². The number of carboxylic acids is 1. The van der Waals surface area contributed by atoms with Crippen LogP contribution in [0.1, 0.15) is 50.4 Å². The molecule has 0 heterocycles. The Kier molecular flexibility index (Phi) is 4.76. The minimum Gasteiger partial charge on any atom is -0.488 e. The Labute approximate surface area is 126 Å². The van der Waals surface area contributed by atoms with E-state index in [0.717, 1.165) is 12.8 Å². The van der Waals surface area contributed by atoms with Gasteiger partial charge in [-0.05, 0) is 48.8 Å². The first-order valence-corrected chi connectivity index (χ1v) is 7.68. The van der Waals surface area contributed by atoms with Crippen LogP contribution >= 0.6 is 0 Å². The summed E-state index contributed by atoms with van der Waals surface area (Å²) in [6, 6.07) is 4.65. The number of aromatic carboxylic acids is 1. The molecule has 2 rings (SSSR count). The molecule has 0 spiro atoms. The third-order valence-electron chi connectivity index (χ3n) is 4.50. The van der Waals surface area contributed by atoms with Gasteiger partial charge in [0.1, 0.15) is 11.9 Å². The second kappa shape index (κ2) is 6.37. The van der Waals surface area contributed by atoms with Crippen LogP contribution < -0.4 is 10.5 Å². The lowest BCUT2D eigenvalue weighted by atomic mass is 9.75. The van der Waals surface area contributed by atoms with E-state index in [9.17, 15) is 4.79 Å². The molecule has 21 heavy (non-hydrogen) atoms. The van der Waals surface area contributed by atoms with Crippen molar-refractivity contribution in [2.75, 3.05) is 5.73 Å². The number of carboxylic acid groups (broad SMARTS) is 1. The van der Waals surface area contributed by atoms with Crippen LogP contribution in [0.15, 0.2) is 18.2 Å². The summed E-state index contributed by atoms with van der Waals surface area (Å²) in [5, 5.41) is 9.09. The van der Waals surface area contributed by atoms with Gasteiger partial charge in [-0.3, -0.25) is 0 Å². The van der Waals surface area contributed by atoms with Crippen molar-refractivity contribution in [1.82, 2.24) is 0 Å². The highest BCUT2D eigenvalue weighted by atomic mass is 16.5. The molecule has 1 aliphatic rings. The Morgan fingerprint density at radius 1 is 1.38 bits per heavy atom. The summed E-state index contributed by atoms with van der Waals surface area (Å²) >= 11 is 0. The molecule has 1 aromatic carbocycles. The molecule has 4 nitrogen and oxygen atoms in total. The number of benzene rings is 1. The second-order valence-electron chi connectivity index (χ2n) is 6.54. The third kappa shape index (κ3) is 3.69. The van der Waals surface area contributed by atoms with Crippen LogP contribution in [-0.2, 0) is 0 Å². The molecule has 1 aliphatic carbocycles. The summed E-state index contributed by atoms with van der Waals surface area (Å²) < 4.78 is 6.13. The van der Waals surface area contributed by atoms with Crippen molar-refractivity contribution >= 4 is 11.7 Å². The normalized spacial score (nSPS) is 25.8. The maximum atomic E-state index is 11.1. The van der Waals surface area contributed by atoms with Crippen molar-refractivity contribution in [3.05, 3.63) is 23.8 Å². The first kappa shape index (κ1) is 15.7. The number of ether oxygens (including phenoxy) is 1. The molecule has 4 heteroatoms. The molecule has 0 aromatic heterocycles. The lowest BCUT2D eigenvalue weighted by molar-refractivity contribution is 0.0463. The van der Waals surface area contributed by atoms with Gasteiger partial charge in [0.05, 0.1) is 11.3 Å². The molecule has 116 valence electrons. The lowest BCUT2D eigenvalue weighted by Crippen LogP contribution is -2.36. The van der Waals surface area contributed by atoms with Gasteiger partial charge in [0.25, 0.3) is 0 Å². The maximum absolute atomic E-state index is 11.1. The predicted octanol–water partition coefficient (Wildman–Crippen LogP) is 3.81. The van der Waals surface area contributed by atoms with Crippen molar-refractivity contribution < 1.29 is 14.6 Å². The Balaban J connectivity index is 2.22. The average Bonchev–Trinajstić information content (AvgIpc) is 2.40. The molecule has 1 saturated carbocycles. The highest BCUT2D eigenvalue weighted by Gasteiger charge is 2.32. The van der Waals surface area contributed by atoms with E-state index in [4.69, 9.17) is 15.6 Å². The number of hydrogen-bond donors (Lipinski definition) is 2. The first-order valence-electron chi connectivity index (χ1n) is 7.68. The van der Waals surface area contributed by atoms with Gasteiger partial charge in [-0.2, -0.15) is 0 Å². The molecule has 0 bridgehead atoms. The number of nitrogens with two attached hydrogens (primary N) is 1. The molecule has 0 aliphatic heterocycles. The van der Waals surface area contributed by atoms with E-state index >= 15 is 0 Å². The fourth-order valence-electron chi connectivity index (χ4n) is 3.18. The van der Waals surface area contributed by atoms with Crippen molar-refractivity contribution in [2.24, 2.45) is 17.8 Å². The summed E-state index contributed by atoms with van der Waals surface area (Å²) in [5.41, 5.74) is 6.66. The Hall–Kier alpha value is -1.71. The summed E-state index contributed by atoms with van der Waals surface area (Å²) in [7, 11) is 0. The number of nitrogen functional groups attached to an aromatic ring is 1. The van der Waals surface area contributed by atoms with Gasteiger partial charge >= 0.3 is 5.97 Å². The number of hydrogen-bond acceptors (Lipinski definition) is 3. The van der Waals surface area contributed by atoms with Crippen LogP contribution in [-0.4, -0.2) is 17.2 Å². The van der Waals surface area contributed by atoms with E-state index in [2.05, 4.69) is 20.8 Å². The second-order valence-corrected chi connectivity index (χ2v) is 6.54. The minimum atomic E-state index is -0.961. The standard InChI is InChI=1S/C17H25NO3/c1-10(2)13-6-4-11(3)8-15(13)21-16-9-12(17(19)20)5-7-14(16)18/h5,7,9-11,13,15H,4,6,8,18H2,1-3H3,(H,19,20). The van der Waals surface area contributed by atoms with E-state index in [1.54, 1.807) is 6.07 Å². The number of carbonyl (C=O) groups is 1. The molecule has 0 amide bonds. The first-order chi connectivity index (χ1) is 9.88. The third-order valence-corrected chi connectivity index (χ3v) is 4.50. The molecule has 1 fully saturated rings. The van der Waals surface area contributed by atoms with Gasteiger partial charge in [0, 0.05) is 0 Å². The monoisotopic (exact) mass is 291 g/mol. The zero-order chi connectivity index (χ0) is 15.6.